The van der Waals surface area contributed by atoms with Crippen molar-refractivity contribution in [3.05, 3.63) is 88.0 Å². The Labute approximate surface area is 186 Å². The zero-order valence-electron chi connectivity index (χ0n) is 15.3. The topological polar surface area (TPSA) is 70.8 Å². The van der Waals surface area contributed by atoms with Gasteiger partial charge in [-0.25, -0.2) is 4.79 Å². The second kappa shape index (κ2) is 8.47. The van der Waals surface area contributed by atoms with Gasteiger partial charge >= 0.3 is 5.97 Å². The Morgan fingerprint density at radius 3 is 2.47 bits per heavy atom. The molecule has 5 nitrogen and oxygen atoms in total. The molecule has 0 bridgehead atoms. The van der Waals surface area contributed by atoms with Crippen molar-refractivity contribution in [2.24, 2.45) is 0 Å². The van der Waals surface area contributed by atoms with E-state index in [2.05, 4.69) is 0 Å². The van der Waals surface area contributed by atoms with Gasteiger partial charge < -0.3 is 9.52 Å². The highest BCUT2D eigenvalue weighted by atomic mass is 35.5. The smallest absolute Gasteiger partial charge is 0.331 e. The Bertz CT molecular complexity index is 1160. The van der Waals surface area contributed by atoms with Crippen LogP contribution in [0.15, 0.2) is 76.1 Å². The fraction of sp³-hybridized carbons (Fsp3) is 0.0455. The van der Waals surface area contributed by atoms with Crippen molar-refractivity contribution < 1.29 is 19.1 Å². The van der Waals surface area contributed by atoms with E-state index < -0.39 is 17.9 Å². The molecule has 1 unspecified atom stereocenters. The minimum atomic E-state index is -1.19. The van der Waals surface area contributed by atoms with Gasteiger partial charge in [-0.1, -0.05) is 65.9 Å². The van der Waals surface area contributed by atoms with Crippen molar-refractivity contribution in [1.82, 2.24) is 4.90 Å². The fourth-order valence-corrected chi connectivity index (χ4v) is 4.49. The van der Waals surface area contributed by atoms with Crippen LogP contribution in [0.1, 0.15) is 17.4 Å². The summed E-state index contributed by atoms with van der Waals surface area (Å²) < 4.78 is 6.01. The normalized spacial score (nSPS) is 16.3. The van der Waals surface area contributed by atoms with Crippen molar-refractivity contribution >= 4 is 57.9 Å². The number of thioether (sulfide) groups is 1. The Hall–Kier alpha value is -2.87. The summed E-state index contributed by atoms with van der Waals surface area (Å²) >= 11 is 12.3. The summed E-state index contributed by atoms with van der Waals surface area (Å²) in [7, 11) is 0. The molecular weight excluding hydrogens is 442 g/mol. The van der Waals surface area contributed by atoms with Gasteiger partial charge in [0.05, 0.1) is 4.91 Å². The standard InChI is InChI=1S/C22H14ClNO4S2/c23-15-8-6-13(7-9-15)17-11-10-16(28-17)12-18-20(25)24(22(29)30-18)19(21(26)27)14-4-2-1-3-5-14/h1-12,19H,(H,26,27)/b18-12-. The summed E-state index contributed by atoms with van der Waals surface area (Å²) in [5, 5.41) is 10.4. The first-order valence-electron chi connectivity index (χ1n) is 8.84. The van der Waals surface area contributed by atoms with Crippen molar-refractivity contribution in [3.63, 3.8) is 0 Å². The lowest BCUT2D eigenvalue weighted by Crippen LogP contribution is -2.37. The summed E-state index contributed by atoms with van der Waals surface area (Å²) in [6.07, 6.45) is 1.57. The number of carbonyl (C=O) groups excluding carboxylic acids is 1. The van der Waals surface area contributed by atoms with Crippen LogP contribution >= 0.6 is 35.6 Å². The molecule has 1 amide bonds. The molecule has 8 heteroatoms. The van der Waals surface area contributed by atoms with Crippen molar-refractivity contribution in [1.29, 1.82) is 0 Å². The highest BCUT2D eigenvalue weighted by Gasteiger charge is 2.41. The zero-order valence-corrected chi connectivity index (χ0v) is 17.7. The van der Waals surface area contributed by atoms with Gasteiger partial charge in [0.25, 0.3) is 5.91 Å². The fourth-order valence-electron chi connectivity index (χ4n) is 3.07. The molecule has 150 valence electrons. The van der Waals surface area contributed by atoms with E-state index in [0.717, 1.165) is 22.2 Å². The summed E-state index contributed by atoms with van der Waals surface area (Å²) in [5.41, 5.74) is 1.33. The first-order chi connectivity index (χ1) is 14.4. The summed E-state index contributed by atoms with van der Waals surface area (Å²) in [5.74, 6) is -0.527. The average Bonchev–Trinajstić information content (AvgIpc) is 3.30. The van der Waals surface area contributed by atoms with Crippen molar-refractivity contribution in [3.8, 4) is 11.3 Å². The van der Waals surface area contributed by atoms with E-state index in [4.69, 9.17) is 28.2 Å². The van der Waals surface area contributed by atoms with Crippen LogP contribution in [0.4, 0.5) is 0 Å². The largest absolute Gasteiger partial charge is 0.479 e. The Kier molecular flexibility index (Phi) is 5.76. The van der Waals surface area contributed by atoms with Gasteiger partial charge in [0, 0.05) is 16.7 Å². The number of carboxylic acids is 1. The van der Waals surface area contributed by atoms with Crippen LogP contribution in [0.5, 0.6) is 0 Å². The maximum absolute atomic E-state index is 13.0. The van der Waals surface area contributed by atoms with Gasteiger partial charge in [0.15, 0.2) is 6.04 Å². The molecule has 3 aromatic rings. The third-order valence-corrected chi connectivity index (χ3v) is 6.04. The quantitative estimate of drug-likeness (QED) is 0.397. The van der Waals surface area contributed by atoms with Crippen LogP contribution in [0.3, 0.4) is 0 Å². The molecule has 1 saturated heterocycles. The summed E-state index contributed by atoms with van der Waals surface area (Å²) in [6.45, 7) is 0. The maximum Gasteiger partial charge on any atom is 0.331 e. The Morgan fingerprint density at radius 1 is 1.10 bits per heavy atom. The third-order valence-electron chi connectivity index (χ3n) is 4.46. The maximum atomic E-state index is 13.0. The highest BCUT2D eigenvalue weighted by Crippen LogP contribution is 2.38. The highest BCUT2D eigenvalue weighted by molar-refractivity contribution is 8.26. The number of carbonyl (C=O) groups is 2. The third kappa shape index (κ3) is 4.05. The molecule has 1 N–H and O–H groups in total. The van der Waals surface area contributed by atoms with Crippen LogP contribution in [0, 0.1) is 0 Å². The van der Waals surface area contributed by atoms with Crippen LogP contribution in [-0.2, 0) is 9.59 Å². The monoisotopic (exact) mass is 455 g/mol. The molecular formula is C22H14ClNO4S2. The Morgan fingerprint density at radius 2 is 1.80 bits per heavy atom. The zero-order chi connectivity index (χ0) is 21.3. The van der Waals surface area contributed by atoms with E-state index in [-0.39, 0.29) is 4.32 Å². The number of furan rings is 1. The SMILES string of the molecule is O=C(O)C(c1ccccc1)N1C(=O)/C(=C/c2ccc(-c3ccc(Cl)cc3)o2)SC1=S. The lowest BCUT2D eigenvalue weighted by atomic mass is 10.1. The van der Waals surface area contributed by atoms with Crippen LogP contribution < -0.4 is 0 Å². The summed E-state index contributed by atoms with van der Waals surface area (Å²) in [6, 6.07) is 18.1. The average molecular weight is 456 g/mol. The predicted molar refractivity (Wildman–Crippen MR) is 121 cm³/mol. The van der Waals surface area contributed by atoms with Crippen LogP contribution in [0.2, 0.25) is 5.02 Å². The number of hydrogen-bond acceptors (Lipinski definition) is 5. The van der Waals surface area contributed by atoms with Crippen molar-refractivity contribution in [2.75, 3.05) is 0 Å². The molecule has 2 heterocycles. The van der Waals surface area contributed by atoms with E-state index >= 15 is 0 Å². The predicted octanol–water partition coefficient (Wildman–Crippen LogP) is 5.63. The number of thiocarbonyl (C=S) groups is 1. The first-order valence-corrected chi connectivity index (χ1v) is 10.4. The number of halogens is 1. The second-order valence-electron chi connectivity index (χ2n) is 6.41. The first kappa shape index (κ1) is 20.4. The number of carboxylic acid groups (broad SMARTS) is 1. The number of benzene rings is 2. The van der Waals surface area contributed by atoms with E-state index in [9.17, 15) is 14.7 Å². The lowest BCUT2D eigenvalue weighted by Gasteiger charge is -2.23. The molecule has 0 aliphatic carbocycles. The van der Waals surface area contributed by atoms with E-state index in [1.807, 2.05) is 12.1 Å². The van der Waals surface area contributed by atoms with Gasteiger partial charge in [0.2, 0.25) is 0 Å². The van der Waals surface area contributed by atoms with Gasteiger partial charge in [-0.15, -0.1) is 0 Å². The van der Waals surface area contributed by atoms with Gasteiger partial charge in [-0.3, -0.25) is 9.69 Å². The van der Waals surface area contributed by atoms with Gasteiger partial charge in [-0.05, 0) is 42.0 Å². The summed E-state index contributed by atoms with van der Waals surface area (Å²) in [4.78, 5) is 26.3. The number of hydrogen-bond donors (Lipinski definition) is 1. The molecule has 1 aliphatic rings. The van der Waals surface area contributed by atoms with Gasteiger partial charge in [0.1, 0.15) is 15.8 Å². The van der Waals surface area contributed by atoms with E-state index in [1.165, 1.54) is 0 Å². The van der Waals surface area contributed by atoms with Gasteiger partial charge in [-0.2, -0.15) is 0 Å². The van der Waals surface area contributed by atoms with E-state index in [0.29, 0.717) is 27.0 Å². The molecule has 0 spiro atoms. The second-order valence-corrected chi connectivity index (χ2v) is 8.52. The van der Waals surface area contributed by atoms with Crippen LogP contribution in [-0.4, -0.2) is 26.2 Å². The number of rotatable bonds is 5. The molecule has 2 aromatic carbocycles. The minimum Gasteiger partial charge on any atom is -0.479 e. The number of nitrogens with zero attached hydrogens (tertiary/aromatic N) is 1. The lowest BCUT2D eigenvalue weighted by molar-refractivity contribution is -0.145. The number of aliphatic carboxylic acids is 1. The Balaban J connectivity index is 1.62. The van der Waals surface area contributed by atoms with Crippen LogP contribution in [0.25, 0.3) is 17.4 Å². The van der Waals surface area contributed by atoms with Crippen molar-refractivity contribution in [2.45, 2.75) is 6.04 Å². The molecule has 1 fully saturated rings. The molecule has 0 saturated carbocycles. The molecule has 1 aromatic heterocycles. The minimum absolute atomic E-state index is 0.187. The molecule has 1 aliphatic heterocycles. The molecule has 4 rings (SSSR count). The number of amides is 1. The molecule has 30 heavy (non-hydrogen) atoms. The van der Waals surface area contributed by atoms with E-state index in [1.54, 1.807) is 60.7 Å². The molecule has 0 radical (unpaired) electrons. The molecule has 1 atom stereocenters.